The summed E-state index contributed by atoms with van der Waals surface area (Å²) in [4.78, 5) is 31.5. The summed E-state index contributed by atoms with van der Waals surface area (Å²) in [5.41, 5.74) is -1.02. The fraction of sp³-hybridized carbons (Fsp3) is 0.533. The van der Waals surface area contributed by atoms with Gasteiger partial charge in [-0.25, -0.2) is 4.79 Å². The molecular formula is C15H22O7. The van der Waals surface area contributed by atoms with Crippen LogP contribution >= 0.6 is 0 Å². The average molecular weight is 314 g/mol. The third-order valence-corrected chi connectivity index (χ3v) is 1.91. The Morgan fingerprint density at radius 1 is 0.864 bits per heavy atom. The Balaban J connectivity index is 2.58. The van der Waals surface area contributed by atoms with Gasteiger partial charge in [-0.1, -0.05) is 12.1 Å². The zero-order chi connectivity index (χ0) is 16.8. The van der Waals surface area contributed by atoms with Gasteiger partial charge in [-0.05, 0) is 58.7 Å². The highest BCUT2D eigenvalue weighted by Crippen LogP contribution is 2.21. The number of benzene rings is 1. The van der Waals surface area contributed by atoms with E-state index in [4.69, 9.17) is 14.7 Å². The summed E-state index contributed by atoms with van der Waals surface area (Å²) < 4.78 is 0. The van der Waals surface area contributed by atoms with Gasteiger partial charge in [-0.15, -0.1) is 0 Å². The molecule has 0 saturated heterocycles. The summed E-state index contributed by atoms with van der Waals surface area (Å²) in [6.07, 6.45) is 0. The van der Waals surface area contributed by atoms with Crippen molar-refractivity contribution in [2.45, 2.75) is 52.7 Å². The van der Waals surface area contributed by atoms with Crippen LogP contribution in [-0.4, -0.2) is 17.2 Å². The van der Waals surface area contributed by atoms with E-state index in [1.165, 1.54) is 6.07 Å². The molecule has 0 aliphatic heterocycles. The van der Waals surface area contributed by atoms with Crippen molar-refractivity contribution in [2.75, 3.05) is 0 Å². The first kappa shape index (κ1) is 18.4. The van der Waals surface area contributed by atoms with Crippen LogP contribution in [0.3, 0.4) is 0 Å². The second-order valence-electron chi connectivity index (χ2n) is 6.48. The van der Waals surface area contributed by atoms with Gasteiger partial charge in [0.15, 0.2) is 5.75 Å². The Labute approximate surface area is 129 Å². The summed E-state index contributed by atoms with van der Waals surface area (Å²) in [5, 5.41) is 8.59. The fourth-order valence-corrected chi connectivity index (χ4v) is 1.08. The molecule has 0 atom stereocenters. The van der Waals surface area contributed by atoms with Gasteiger partial charge in [0.2, 0.25) is 0 Å². The smallest absolute Gasteiger partial charge is 0.336 e. The number of carbonyl (C=O) groups excluding carboxylic acids is 1. The largest absolute Gasteiger partial charge is 0.380 e. The summed E-state index contributed by atoms with van der Waals surface area (Å²) in [7, 11) is 0. The lowest BCUT2D eigenvalue weighted by Crippen LogP contribution is -2.22. The lowest BCUT2D eigenvalue weighted by atomic mass is 10.2. The Kier molecular flexibility index (Phi) is 6.31. The molecule has 1 aromatic rings. The topological polar surface area (TPSA) is 72.5 Å². The van der Waals surface area contributed by atoms with Gasteiger partial charge >= 0.3 is 5.97 Å². The van der Waals surface area contributed by atoms with Crippen LogP contribution < -0.4 is 4.89 Å². The van der Waals surface area contributed by atoms with Crippen LogP contribution in [0.15, 0.2) is 24.3 Å². The Morgan fingerprint density at radius 2 is 1.45 bits per heavy atom. The van der Waals surface area contributed by atoms with E-state index in [2.05, 4.69) is 15.0 Å². The molecule has 0 radical (unpaired) electrons. The lowest BCUT2D eigenvalue weighted by molar-refractivity contribution is -0.631. The average Bonchev–Trinajstić information content (AvgIpc) is 2.39. The molecule has 0 fully saturated rings. The number of rotatable bonds is 6. The van der Waals surface area contributed by atoms with Gasteiger partial charge in [0.1, 0.15) is 11.2 Å². The van der Waals surface area contributed by atoms with Gasteiger partial charge < -0.3 is 4.89 Å². The molecule has 0 heterocycles. The lowest BCUT2D eigenvalue weighted by Gasteiger charge is -2.18. The molecule has 0 unspecified atom stereocenters. The first-order valence-corrected chi connectivity index (χ1v) is 6.76. The normalized spacial score (nSPS) is 12.1. The number of hydrogen-bond acceptors (Lipinski definition) is 7. The molecule has 7 nitrogen and oxygen atoms in total. The van der Waals surface area contributed by atoms with E-state index in [1.54, 1.807) is 39.0 Å². The fourth-order valence-electron chi connectivity index (χ4n) is 1.08. The van der Waals surface area contributed by atoms with Crippen molar-refractivity contribution in [3.63, 3.8) is 0 Å². The molecule has 0 saturated carbocycles. The zero-order valence-electron chi connectivity index (χ0n) is 13.7. The van der Waals surface area contributed by atoms with Gasteiger partial charge in [0.25, 0.3) is 0 Å². The molecule has 22 heavy (non-hydrogen) atoms. The third-order valence-electron chi connectivity index (χ3n) is 1.91. The summed E-state index contributed by atoms with van der Waals surface area (Å²) in [6, 6.07) is 6.40. The summed E-state index contributed by atoms with van der Waals surface area (Å²) in [6.45, 7) is 10.7. The van der Waals surface area contributed by atoms with Crippen molar-refractivity contribution in [1.82, 2.24) is 0 Å². The molecule has 0 aliphatic rings. The number of carbonyl (C=O) groups is 1. The van der Waals surface area contributed by atoms with Crippen molar-refractivity contribution >= 4 is 5.97 Å². The third kappa shape index (κ3) is 7.37. The molecule has 0 bridgehead atoms. The molecule has 7 heteroatoms. The molecule has 1 rings (SSSR count). The first-order valence-electron chi connectivity index (χ1n) is 6.76. The van der Waals surface area contributed by atoms with Gasteiger partial charge in [-0.3, -0.25) is 4.89 Å². The Hall–Kier alpha value is -1.67. The van der Waals surface area contributed by atoms with Crippen LogP contribution in [0.25, 0.3) is 0 Å². The van der Waals surface area contributed by atoms with Crippen molar-refractivity contribution in [2.24, 2.45) is 0 Å². The van der Waals surface area contributed by atoms with Gasteiger partial charge in [0.05, 0.1) is 5.60 Å². The van der Waals surface area contributed by atoms with Gasteiger partial charge in [-0.2, -0.15) is 9.78 Å². The highest BCUT2D eigenvalue weighted by Gasteiger charge is 2.20. The molecule has 124 valence electrons. The first-order chi connectivity index (χ1) is 10.1. The van der Waals surface area contributed by atoms with E-state index in [-0.39, 0.29) is 11.3 Å². The van der Waals surface area contributed by atoms with Crippen LogP contribution in [0.1, 0.15) is 51.9 Å². The minimum atomic E-state index is -0.814. The number of para-hydroxylation sites is 1. The van der Waals surface area contributed by atoms with E-state index in [0.717, 1.165) is 0 Å². The molecule has 0 amide bonds. The maximum Gasteiger partial charge on any atom is 0.380 e. The molecule has 0 N–H and O–H groups in total. The zero-order valence-corrected chi connectivity index (χ0v) is 13.7. The van der Waals surface area contributed by atoms with Crippen molar-refractivity contribution < 1.29 is 34.4 Å². The molecule has 0 aromatic heterocycles. The van der Waals surface area contributed by atoms with Gasteiger partial charge in [0, 0.05) is 5.04 Å². The second-order valence-corrected chi connectivity index (χ2v) is 6.48. The maximum atomic E-state index is 11.9. The monoisotopic (exact) mass is 314 g/mol. The van der Waals surface area contributed by atoms with Crippen LogP contribution in [0.5, 0.6) is 5.75 Å². The predicted octanol–water partition coefficient (Wildman–Crippen LogP) is 3.55. The Morgan fingerprint density at radius 3 is 2.05 bits per heavy atom. The molecule has 0 spiro atoms. The van der Waals surface area contributed by atoms with Crippen LogP contribution in [0.2, 0.25) is 0 Å². The summed E-state index contributed by atoms with van der Waals surface area (Å²) in [5.74, 6) is -0.617. The van der Waals surface area contributed by atoms with Crippen molar-refractivity contribution in [3.05, 3.63) is 29.8 Å². The van der Waals surface area contributed by atoms with Crippen LogP contribution in [0.4, 0.5) is 0 Å². The van der Waals surface area contributed by atoms with E-state index in [9.17, 15) is 4.79 Å². The molecular weight excluding hydrogens is 292 g/mol. The highest BCUT2D eigenvalue weighted by atomic mass is 17.7. The van der Waals surface area contributed by atoms with Crippen molar-refractivity contribution in [3.8, 4) is 5.75 Å². The van der Waals surface area contributed by atoms with Crippen molar-refractivity contribution in [1.29, 1.82) is 0 Å². The predicted molar refractivity (Wildman–Crippen MR) is 76.3 cm³/mol. The van der Waals surface area contributed by atoms with Crippen LogP contribution in [-0.2, 0) is 24.7 Å². The number of hydrogen-bond donors (Lipinski definition) is 0. The highest BCUT2D eigenvalue weighted by molar-refractivity contribution is 5.92. The standard InChI is InChI=1S/C15H22O7/c1-14(2,3)19-17-12-10-8-7-9-11(12)13(16)18-21-22-20-15(4,5)6/h7-10H,1-6H3. The Bertz CT molecular complexity index is 485. The van der Waals surface area contributed by atoms with E-state index >= 15 is 0 Å². The SMILES string of the molecule is CC(C)(C)OOOOC(=O)c1ccccc1OOC(C)(C)C. The maximum absolute atomic E-state index is 11.9. The van der Waals surface area contributed by atoms with E-state index in [1.807, 2.05) is 20.8 Å². The van der Waals surface area contributed by atoms with Crippen LogP contribution in [0, 0.1) is 0 Å². The summed E-state index contributed by atoms with van der Waals surface area (Å²) >= 11 is 0. The van der Waals surface area contributed by atoms with E-state index in [0.29, 0.717) is 0 Å². The quantitative estimate of drug-likeness (QED) is 0.451. The minimum Gasteiger partial charge on any atom is -0.336 e. The minimum absolute atomic E-state index is 0.117. The molecule has 0 aliphatic carbocycles. The van der Waals surface area contributed by atoms with E-state index < -0.39 is 17.2 Å². The second kappa shape index (κ2) is 7.55. The molecule has 1 aromatic carbocycles.